The minimum absolute atomic E-state index is 0.576. The van der Waals surface area contributed by atoms with Crippen LogP contribution < -0.4 is 0 Å². The molecule has 2 nitrogen and oxygen atoms in total. The van der Waals surface area contributed by atoms with Crippen molar-refractivity contribution in [1.82, 2.24) is 9.55 Å². The van der Waals surface area contributed by atoms with Crippen LogP contribution in [0.2, 0.25) is 0 Å². The largest absolute Gasteiger partial charge is 0.328 e. The van der Waals surface area contributed by atoms with Gasteiger partial charge in [-0.1, -0.05) is 26.0 Å². The summed E-state index contributed by atoms with van der Waals surface area (Å²) in [6, 6.07) is 8.39. The first-order chi connectivity index (χ1) is 8.26. The summed E-state index contributed by atoms with van der Waals surface area (Å²) in [4.78, 5) is 4.73. The van der Waals surface area contributed by atoms with Crippen LogP contribution >= 0.6 is 12.6 Å². The highest BCUT2D eigenvalue weighted by molar-refractivity contribution is 7.80. The normalized spacial score (nSPS) is 13.1. The van der Waals surface area contributed by atoms with Gasteiger partial charge < -0.3 is 4.57 Å². The molecule has 2 rings (SSSR count). The summed E-state index contributed by atoms with van der Waals surface area (Å²) in [5.41, 5.74) is 2.37. The van der Waals surface area contributed by atoms with E-state index in [4.69, 9.17) is 4.98 Å². The number of aromatic nitrogens is 2. The summed E-state index contributed by atoms with van der Waals surface area (Å²) in [6.45, 7) is 5.45. The SMILES string of the molecule is CCCc1nc2ccccc2n1CC(C)CS. The topological polar surface area (TPSA) is 17.8 Å². The van der Waals surface area contributed by atoms with Gasteiger partial charge in [-0.3, -0.25) is 0 Å². The minimum atomic E-state index is 0.576. The molecule has 2 aromatic rings. The quantitative estimate of drug-likeness (QED) is 0.801. The van der Waals surface area contributed by atoms with Crippen molar-refractivity contribution in [3.05, 3.63) is 30.1 Å². The van der Waals surface area contributed by atoms with Gasteiger partial charge in [-0.25, -0.2) is 4.98 Å². The third-order valence-electron chi connectivity index (χ3n) is 3.01. The van der Waals surface area contributed by atoms with Crippen molar-refractivity contribution in [1.29, 1.82) is 0 Å². The van der Waals surface area contributed by atoms with Crippen molar-refractivity contribution in [3.63, 3.8) is 0 Å². The zero-order valence-electron chi connectivity index (χ0n) is 10.6. The first-order valence-electron chi connectivity index (χ1n) is 6.31. The second-order valence-corrected chi connectivity index (χ2v) is 5.03. The van der Waals surface area contributed by atoms with Crippen LogP contribution in [0, 0.1) is 5.92 Å². The summed E-state index contributed by atoms with van der Waals surface area (Å²) < 4.78 is 2.36. The third kappa shape index (κ3) is 2.65. The van der Waals surface area contributed by atoms with Gasteiger partial charge >= 0.3 is 0 Å². The number of imidazole rings is 1. The highest BCUT2D eigenvalue weighted by atomic mass is 32.1. The van der Waals surface area contributed by atoms with E-state index in [-0.39, 0.29) is 0 Å². The number of hydrogen-bond donors (Lipinski definition) is 1. The fourth-order valence-corrected chi connectivity index (χ4v) is 2.23. The molecule has 3 heteroatoms. The number of fused-ring (bicyclic) bond motifs is 1. The van der Waals surface area contributed by atoms with Crippen LogP contribution in [0.3, 0.4) is 0 Å². The molecule has 0 N–H and O–H groups in total. The van der Waals surface area contributed by atoms with Gasteiger partial charge in [0.2, 0.25) is 0 Å². The maximum absolute atomic E-state index is 4.73. The van der Waals surface area contributed by atoms with Crippen LogP contribution in [0.5, 0.6) is 0 Å². The smallest absolute Gasteiger partial charge is 0.109 e. The number of para-hydroxylation sites is 2. The fourth-order valence-electron chi connectivity index (χ4n) is 2.11. The van der Waals surface area contributed by atoms with Crippen molar-refractivity contribution >= 4 is 23.7 Å². The molecule has 0 radical (unpaired) electrons. The van der Waals surface area contributed by atoms with Gasteiger partial charge in [0.05, 0.1) is 11.0 Å². The van der Waals surface area contributed by atoms with Crippen LogP contribution in [0.1, 0.15) is 26.1 Å². The van der Waals surface area contributed by atoms with E-state index in [0.29, 0.717) is 5.92 Å². The number of aryl methyl sites for hydroxylation is 1. The monoisotopic (exact) mass is 248 g/mol. The third-order valence-corrected chi connectivity index (χ3v) is 3.64. The Kier molecular flexibility index (Phi) is 4.11. The van der Waals surface area contributed by atoms with E-state index in [9.17, 15) is 0 Å². The van der Waals surface area contributed by atoms with E-state index in [2.05, 4.69) is 55.3 Å². The first kappa shape index (κ1) is 12.5. The summed E-state index contributed by atoms with van der Waals surface area (Å²) >= 11 is 4.37. The van der Waals surface area contributed by atoms with Gasteiger partial charge in [-0.2, -0.15) is 12.6 Å². The van der Waals surface area contributed by atoms with E-state index < -0.39 is 0 Å². The molecule has 0 bridgehead atoms. The maximum atomic E-state index is 4.73. The molecule has 0 fully saturated rings. The predicted octanol–water partition coefficient (Wildman–Crippen LogP) is 3.55. The summed E-state index contributed by atoms with van der Waals surface area (Å²) in [5.74, 6) is 2.70. The van der Waals surface area contributed by atoms with Crippen LogP contribution in [0.25, 0.3) is 11.0 Å². The molecule has 0 spiro atoms. The number of hydrogen-bond acceptors (Lipinski definition) is 2. The van der Waals surface area contributed by atoms with Crippen molar-refractivity contribution < 1.29 is 0 Å². The molecule has 0 aliphatic heterocycles. The molecule has 0 aliphatic rings. The van der Waals surface area contributed by atoms with Crippen LogP contribution in [-0.2, 0) is 13.0 Å². The number of rotatable bonds is 5. The Morgan fingerprint density at radius 3 is 2.82 bits per heavy atom. The Morgan fingerprint density at radius 2 is 2.12 bits per heavy atom. The molecule has 0 saturated heterocycles. The second kappa shape index (κ2) is 5.58. The molecule has 1 unspecified atom stereocenters. The Bertz CT molecular complexity index is 490. The lowest BCUT2D eigenvalue weighted by Gasteiger charge is -2.13. The van der Waals surface area contributed by atoms with E-state index in [1.165, 1.54) is 11.3 Å². The molecule has 0 aliphatic carbocycles. The minimum Gasteiger partial charge on any atom is -0.328 e. The lowest BCUT2D eigenvalue weighted by molar-refractivity contribution is 0.523. The van der Waals surface area contributed by atoms with Gasteiger partial charge in [0.1, 0.15) is 5.82 Å². The Hall–Kier alpha value is -0.960. The van der Waals surface area contributed by atoms with Gasteiger partial charge in [0.15, 0.2) is 0 Å². The van der Waals surface area contributed by atoms with Crippen molar-refractivity contribution in [2.24, 2.45) is 5.92 Å². The van der Waals surface area contributed by atoms with Crippen molar-refractivity contribution in [2.75, 3.05) is 5.75 Å². The van der Waals surface area contributed by atoms with Crippen LogP contribution in [0.4, 0.5) is 0 Å². The van der Waals surface area contributed by atoms with E-state index in [0.717, 1.165) is 30.7 Å². The molecule has 92 valence electrons. The van der Waals surface area contributed by atoms with E-state index >= 15 is 0 Å². The average molecular weight is 248 g/mol. The van der Waals surface area contributed by atoms with Gasteiger partial charge in [0.25, 0.3) is 0 Å². The molecule has 0 saturated carbocycles. The molecule has 1 aromatic carbocycles. The van der Waals surface area contributed by atoms with Crippen molar-refractivity contribution in [3.8, 4) is 0 Å². The Balaban J connectivity index is 2.44. The number of thiol groups is 1. The van der Waals surface area contributed by atoms with E-state index in [1.54, 1.807) is 0 Å². The highest BCUT2D eigenvalue weighted by Crippen LogP contribution is 2.19. The lowest BCUT2D eigenvalue weighted by atomic mass is 10.2. The Labute approximate surface area is 108 Å². The summed E-state index contributed by atoms with van der Waals surface area (Å²) in [6.07, 6.45) is 2.19. The lowest BCUT2D eigenvalue weighted by Crippen LogP contribution is -2.11. The van der Waals surface area contributed by atoms with Crippen LogP contribution in [0.15, 0.2) is 24.3 Å². The average Bonchev–Trinajstić information content (AvgIpc) is 2.68. The molecule has 1 heterocycles. The zero-order chi connectivity index (χ0) is 12.3. The van der Waals surface area contributed by atoms with Gasteiger partial charge in [0, 0.05) is 13.0 Å². The highest BCUT2D eigenvalue weighted by Gasteiger charge is 2.11. The predicted molar refractivity (Wildman–Crippen MR) is 76.7 cm³/mol. The van der Waals surface area contributed by atoms with Crippen molar-refractivity contribution in [2.45, 2.75) is 33.2 Å². The molecule has 17 heavy (non-hydrogen) atoms. The zero-order valence-corrected chi connectivity index (χ0v) is 11.5. The standard InChI is InChI=1S/C14H20N2S/c1-3-6-14-15-12-7-4-5-8-13(12)16(14)9-11(2)10-17/h4-5,7-8,11,17H,3,6,9-10H2,1-2H3. The van der Waals surface area contributed by atoms with Gasteiger partial charge in [-0.05, 0) is 30.2 Å². The molecule has 1 atom stereocenters. The molecule has 1 aromatic heterocycles. The number of nitrogens with zero attached hydrogens (tertiary/aromatic N) is 2. The fraction of sp³-hybridized carbons (Fsp3) is 0.500. The van der Waals surface area contributed by atoms with Crippen LogP contribution in [-0.4, -0.2) is 15.3 Å². The summed E-state index contributed by atoms with van der Waals surface area (Å²) in [7, 11) is 0. The second-order valence-electron chi connectivity index (χ2n) is 4.67. The number of benzene rings is 1. The maximum Gasteiger partial charge on any atom is 0.109 e. The first-order valence-corrected chi connectivity index (χ1v) is 6.94. The Morgan fingerprint density at radius 1 is 1.35 bits per heavy atom. The molecular weight excluding hydrogens is 228 g/mol. The van der Waals surface area contributed by atoms with Gasteiger partial charge in [-0.15, -0.1) is 0 Å². The van der Waals surface area contributed by atoms with E-state index in [1.807, 2.05) is 0 Å². The molecule has 0 amide bonds. The molecular formula is C14H20N2S. The summed E-state index contributed by atoms with van der Waals surface area (Å²) in [5, 5.41) is 0.